The second kappa shape index (κ2) is 11.9. The Balaban J connectivity index is 1.94. The Kier molecular flexibility index (Phi) is 9.29. The molecule has 0 radical (unpaired) electrons. The van der Waals surface area contributed by atoms with Gasteiger partial charge in [-0.25, -0.2) is 9.86 Å². The van der Waals surface area contributed by atoms with Crippen LogP contribution in [0.2, 0.25) is 0 Å². The zero-order chi connectivity index (χ0) is 29.1. The Morgan fingerprint density at radius 1 is 1.05 bits per heavy atom. The molecule has 1 aromatic heterocycles. The summed E-state index contributed by atoms with van der Waals surface area (Å²) in [5, 5.41) is 2.07. The van der Waals surface area contributed by atoms with Crippen molar-refractivity contribution < 1.29 is 27.6 Å². The van der Waals surface area contributed by atoms with E-state index in [0.29, 0.717) is 42.2 Å². The van der Waals surface area contributed by atoms with Crippen molar-refractivity contribution in [1.29, 1.82) is 0 Å². The SMILES string of the molecule is CON(C)C(=O)c1sc(N2CCN(C(=O)OC(C)(C)C)CC2)c(C)c1-c1ccc(S(=O)(=O)N=CN(C)C)cc1. The molecule has 1 saturated heterocycles. The van der Waals surface area contributed by atoms with Gasteiger partial charge in [-0.15, -0.1) is 15.7 Å². The molecule has 2 amide bonds. The average molecular weight is 580 g/mol. The number of thiophene rings is 1. The Morgan fingerprint density at radius 3 is 2.15 bits per heavy atom. The molecule has 1 aromatic carbocycles. The fourth-order valence-electron chi connectivity index (χ4n) is 3.96. The van der Waals surface area contributed by atoms with E-state index in [9.17, 15) is 18.0 Å². The molecule has 2 aromatic rings. The van der Waals surface area contributed by atoms with Crippen LogP contribution in [-0.4, -0.2) is 102 Å². The van der Waals surface area contributed by atoms with E-state index in [1.807, 2.05) is 27.7 Å². The number of piperazine rings is 1. The van der Waals surface area contributed by atoms with Crippen molar-refractivity contribution in [2.24, 2.45) is 4.40 Å². The molecule has 13 heteroatoms. The first-order valence-electron chi connectivity index (χ1n) is 12.4. The molecule has 0 bridgehead atoms. The fraction of sp³-hybridized carbons (Fsp3) is 0.500. The highest BCUT2D eigenvalue weighted by molar-refractivity contribution is 7.90. The Hall–Kier alpha value is -3.16. The van der Waals surface area contributed by atoms with Crippen molar-refractivity contribution >= 4 is 44.7 Å². The van der Waals surface area contributed by atoms with Crippen LogP contribution in [0.15, 0.2) is 33.6 Å². The summed E-state index contributed by atoms with van der Waals surface area (Å²) in [5.74, 6) is -0.313. The molecule has 0 aliphatic carbocycles. The molecule has 214 valence electrons. The van der Waals surface area contributed by atoms with Crippen LogP contribution in [0.25, 0.3) is 11.1 Å². The number of hydroxylamine groups is 2. The third kappa shape index (κ3) is 7.28. The van der Waals surface area contributed by atoms with Gasteiger partial charge in [-0.05, 0) is 51.0 Å². The van der Waals surface area contributed by atoms with E-state index >= 15 is 0 Å². The molecule has 1 aliphatic rings. The quantitative estimate of drug-likeness (QED) is 0.277. The Morgan fingerprint density at radius 2 is 1.64 bits per heavy atom. The third-order valence-electron chi connectivity index (χ3n) is 5.95. The summed E-state index contributed by atoms with van der Waals surface area (Å²) in [4.78, 5) is 36.9. The topological polar surface area (TPSA) is 112 Å². The zero-order valence-corrected chi connectivity index (χ0v) is 25.4. The number of sulfonamides is 1. The maximum absolute atomic E-state index is 13.3. The lowest BCUT2D eigenvalue weighted by molar-refractivity contribution is -0.0753. The van der Waals surface area contributed by atoms with Gasteiger partial charge >= 0.3 is 6.09 Å². The van der Waals surface area contributed by atoms with Gasteiger partial charge in [0.2, 0.25) is 0 Å². The number of anilines is 1. The van der Waals surface area contributed by atoms with Crippen LogP contribution in [0.4, 0.5) is 9.80 Å². The molecular weight excluding hydrogens is 542 g/mol. The average Bonchev–Trinajstić information content (AvgIpc) is 3.22. The fourth-order valence-corrected chi connectivity index (χ4v) is 6.22. The number of carbonyl (C=O) groups is 2. The number of carbonyl (C=O) groups excluding carboxylic acids is 2. The summed E-state index contributed by atoms with van der Waals surface area (Å²) in [6.07, 6.45) is 0.895. The number of ether oxygens (including phenoxy) is 1. The summed E-state index contributed by atoms with van der Waals surface area (Å²) in [5.41, 5.74) is 1.73. The van der Waals surface area contributed by atoms with Crippen molar-refractivity contribution in [1.82, 2.24) is 14.9 Å². The van der Waals surface area contributed by atoms with E-state index in [1.165, 1.54) is 36.9 Å². The summed E-state index contributed by atoms with van der Waals surface area (Å²) in [6.45, 7) is 9.59. The van der Waals surface area contributed by atoms with Gasteiger partial charge in [-0.3, -0.25) is 9.63 Å². The number of hydrogen-bond acceptors (Lipinski definition) is 8. The van der Waals surface area contributed by atoms with Gasteiger partial charge in [0.1, 0.15) is 16.8 Å². The van der Waals surface area contributed by atoms with E-state index in [4.69, 9.17) is 9.57 Å². The number of rotatable bonds is 7. The number of nitrogens with zero attached hydrogens (tertiary/aromatic N) is 5. The first-order valence-corrected chi connectivity index (χ1v) is 14.7. The molecule has 11 nitrogen and oxygen atoms in total. The molecule has 0 atom stereocenters. The second-order valence-electron chi connectivity index (χ2n) is 10.4. The zero-order valence-electron chi connectivity index (χ0n) is 23.7. The van der Waals surface area contributed by atoms with E-state index in [0.717, 1.165) is 15.6 Å². The largest absolute Gasteiger partial charge is 0.444 e. The Bertz CT molecular complexity index is 1320. The van der Waals surface area contributed by atoms with Gasteiger partial charge in [-0.1, -0.05) is 12.1 Å². The third-order valence-corrected chi connectivity index (χ3v) is 8.53. The summed E-state index contributed by atoms with van der Waals surface area (Å²) >= 11 is 1.35. The van der Waals surface area contributed by atoms with Crippen LogP contribution in [0.1, 0.15) is 36.0 Å². The molecule has 1 aliphatic heterocycles. The molecule has 0 N–H and O–H groups in total. The maximum Gasteiger partial charge on any atom is 0.410 e. The lowest BCUT2D eigenvalue weighted by Gasteiger charge is -2.36. The summed E-state index contributed by atoms with van der Waals surface area (Å²) in [6, 6.07) is 6.34. The summed E-state index contributed by atoms with van der Waals surface area (Å²) < 4.78 is 34.3. The first-order chi connectivity index (χ1) is 18.1. The molecule has 39 heavy (non-hydrogen) atoms. The second-order valence-corrected chi connectivity index (χ2v) is 13.0. The molecule has 2 heterocycles. The van der Waals surface area contributed by atoms with Crippen LogP contribution < -0.4 is 4.90 Å². The minimum Gasteiger partial charge on any atom is -0.444 e. The van der Waals surface area contributed by atoms with Crippen molar-refractivity contribution in [2.75, 3.05) is 59.3 Å². The van der Waals surface area contributed by atoms with Crippen LogP contribution in [-0.2, 0) is 19.6 Å². The van der Waals surface area contributed by atoms with Crippen LogP contribution >= 0.6 is 11.3 Å². The van der Waals surface area contributed by atoms with Crippen molar-refractivity contribution in [2.45, 2.75) is 38.2 Å². The monoisotopic (exact) mass is 579 g/mol. The van der Waals surface area contributed by atoms with Gasteiger partial charge < -0.3 is 19.4 Å². The highest BCUT2D eigenvalue weighted by Crippen LogP contribution is 2.43. The van der Waals surface area contributed by atoms with Crippen LogP contribution in [0.3, 0.4) is 0 Å². The number of hydrogen-bond donors (Lipinski definition) is 0. The van der Waals surface area contributed by atoms with Gasteiger partial charge in [0.05, 0.1) is 17.0 Å². The highest BCUT2D eigenvalue weighted by atomic mass is 32.2. The molecule has 1 fully saturated rings. The number of benzene rings is 1. The number of amides is 2. The lowest BCUT2D eigenvalue weighted by atomic mass is 10.0. The standard InChI is InChI=1S/C26H37N5O6S2/c1-18-21(19-9-11-20(12-10-19)39(34,35)27-17-28(5)6)22(23(32)29(7)36-8)38-24(18)30-13-15-31(16-14-30)25(33)37-26(2,3)4/h9-12,17H,13-16H2,1-8H3. The van der Waals surface area contributed by atoms with Crippen molar-refractivity contribution in [3.8, 4) is 11.1 Å². The minimum absolute atomic E-state index is 0.0533. The van der Waals surface area contributed by atoms with E-state index < -0.39 is 15.6 Å². The van der Waals surface area contributed by atoms with Gasteiger partial charge in [-0.2, -0.15) is 8.42 Å². The first kappa shape index (κ1) is 30.4. The predicted molar refractivity (Wildman–Crippen MR) is 153 cm³/mol. The molecule has 0 unspecified atom stereocenters. The van der Waals surface area contributed by atoms with Crippen molar-refractivity contribution in [3.05, 3.63) is 34.7 Å². The molecule has 0 spiro atoms. The van der Waals surface area contributed by atoms with E-state index in [1.54, 1.807) is 43.1 Å². The van der Waals surface area contributed by atoms with Gasteiger partial charge in [0, 0.05) is 52.9 Å². The predicted octanol–water partition coefficient (Wildman–Crippen LogP) is 3.69. The van der Waals surface area contributed by atoms with Crippen LogP contribution in [0, 0.1) is 6.92 Å². The van der Waals surface area contributed by atoms with Gasteiger partial charge in [0.25, 0.3) is 15.9 Å². The normalized spacial score (nSPS) is 14.6. The highest BCUT2D eigenvalue weighted by Gasteiger charge is 2.30. The van der Waals surface area contributed by atoms with Crippen LogP contribution in [0.5, 0.6) is 0 Å². The molecular formula is C26H37N5O6S2. The maximum atomic E-state index is 13.3. The van der Waals surface area contributed by atoms with Gasteiger partial charge in [0.15, 0.2) is 0 Å². The smallest absolute Gasteiger partial charge is 0.410 e. The van der Waals surface area contributed by atoms with E-state index in [-0.39, 0.29) is 16.9 Å². The summed E-state index contributed by atoms with van der Waals surface area (Å²) in [7, 11) is 2.47. The molecule has 3 rings (SSSR count). The minimum atomic E-state index is -3.86. The Labute approximate surface area is 234 Å². The van der Waals surface area contributed by atoms with Crippen molar-refractivity contribution in [3.63, 3.8) is 0 Å². The lowest BCUT2D eigenvalue weighted by Crippen LogP contribution is -2.50. The van der Waals surface area contributed by atoms with E-state index in [2.05, 4.69) is 9.30 Å². The molecule has 0 saturated carbocycles.